The van der Waals surface area contributed by atoms with Gasteiger partial charge in [-0.2, -0.15) is 0 Å². The van der Waals surface area contributed by atoms with Gasteiger partial charge in [-0.15, -0.1) is 6.58 Å². The van der Waals surface area contributed by atoms with Crippen LogP contribution in [0.25, 0.3) is 10.9 Å². The van der Waals surface area contributed by atoms with Gasteiger partial charge in [0.2, 0.25) is 0 Å². The van der Waals surface area contributed by atoms with E-state index in [1.807, 2.05) is 19.2 Å². The number of benzene rings is 1. The van der Waals surface area contributed by atoms with Crippen molar-refractivity contribution in [2.24, 2.45) is 0 Å². The summed E-state index contributed by atoms with van der Waals surface area (Å²) in [5.41, 5.74) is 2.16. The van der Waals surface area contributed by atoms with Crippen LogP contribution in [0.5, 0.6) is 0 Å². The molecule has 2 aromatic rings. The third-order valence-electron chi connectivity index (χ3n) is 2.37. The number of hydrogen-bond acceptors (Lipinski definition) is 0. The predicted molar refractivity (Wildman–Crippen MR) is 56.8 cm³/mol. The predicted octanol–water partition coefficient (Wildman–Crippen LogP) is 3.27. The Balaban J connectivity index is 2.70. The van der Waals surface area contributed by atoms with E-state index in [-0.39, 0.29) is 5.82 Å². The smallest absolute Gasteiger partial charge is 0.123 e. The Morgan fingerprint density at radius 1 is 1.50 bits per heavy atom. The Labute approximate surface area is 82.5 Å². The Hall–Kier alpha value is -1.57. The van der Waals surface area contributed by atoms with Gasteiger partial charge in [0.1, 0.15) is 5.82 Å². The molecule has 0 fully saturated rings. The highest BCUT2D eigenvalue weighted by atomic mass is 19.1. The molecule has 0 N–H and O–H groups in total. The van der Waals surface area contributed by atoms with E-state index in [2.05, 4.69) is 11.1 Å². The highest BCUT2D eigenvalue weighted by molar-refractivity contribution is 5.83. The van der Waals surface area contributed by atoms with Crippen molar-refractivity contribution in [3.8, 4) is 0 Å². The second kappa shape index (κ2) is 3.29. The first kappa shape index (κ1) is 9.00. The summed E-state index contributed by atoms with van der Waals surface area (Å²) in [5.74, 6) is -0.183. The van der Waals surface area contributed by atoms with E-state index in [0.717, 1.165) is 23.0 Å². The van der Waals surface area contributed by atoms with E-state index in [4.69, 9.17) is 0 Å². The van der Waals surface area contributed by atoms with Crippen molar-refractivity contribution in [3.63, 3.8) is 0 Å². The zero-order valence-electron chi connectivity index (χ0n) is 8.13. The van der Waals surface area contributed by atoms with E-state index in [9.17, 15) is 4.39 Å². The first-order valence-electron chi connectivity index (χ1n) is 4.58. The van der Waals surface area contributed by atoms with Gasteiger partial charge >= 0.3 is 0 Å². The van der Waals surface area contributed by atoms with Crippen LogP contribution in [-0.4, -0.2) is 4.57 Å². The maximum absolute atomic E-state index is 13.0. The molecule has 0 atom stereocenters. The SMILES string of the molecule is C=CCn1cc(C)c2cc(F)ccc21. The zero-order valence-corrected chi connectivity index (χ0v) is 8.13. The normalized spacial score (nSPS) is 10.7. The van der Waals surface area contributed by atoms with E-state index < -0.39 is 0 Å². The van der Waals surface area contributed by atoms with Crippen molar-refractivity contribution >= 4 is 10.9 Å². The summed E-state index contributed by atoms with van der Waals surface area (Å²) in [7, 11) is 0. The van der Waals surface area contributed by atoms with Crippen LogP contribution in [0.15, 0.2) is 37.1 Å². The van der Waals surface area contributed by atoms with Gasteiger partial charge in [-0.05, 0) is 30.7 Å². The third-order valence-corrected chi connectivity index (χ3v) is 2.37. The van der Waals surface area contributed by atoms with Crippen LogP contribution in [0.1, 0.15) is 5.56 Å². The molecule has 0 amide bonds. The van der Waals surface area contributed by atoms with Crippen molar-refractivity contribution in [2.75, 3.05) is 0 Å². The van der Waals surface area contributed by atoms with Crippen molar-refractivity contribution in [1.82, 2.24) is 4.57 Å². The van der Waals surface area contributed by atoms with Gasteiger partial charge in [-0.1, -0.05) is 6.08 Å². The lowest BCUT2D eigenvalue weighted by Crippen LogP contribution is -1.91. The standard InChI is InChI=1S/C12H12FN/c1-3-6-14-8-9(2)11-7-10(13)4-5-12(11)14/h3-5,7-8H,1,6H2,2H3. The maximum atomic E-state index is 13.0. The van der Waals surface area contributed by atoms with Crippen LogP contribution in [-0.2, 0) is 6.54 Å². The average molecular weight is 189 g/mol. The highest BCUT2D eigenvalue weighted by Gasteiger charge is 2.04. The van der Waals surface area contributed by atoms with Gasteiger partial charge in [-0.3, -0.25) is 0 Å². The van der Waals surface area contributed by atoms with E-state index >= 15 is 0 Å². The topological polar surface area (TPSA) is 4.93 Å². The highest BCUT2D eigenvalue weighted by Crippen LogP contribution is 2.21. The van der Waals surface area contributed by atoms with Crippen molar-refractivity contribution in [1.29, 1.82) is 0 Å². The van der Waals surface area contributed by atoms with Crippen LogP contribution in [0.3, 0.4) is 0 Å². The number of halogens is 1. The molecule has 0 saturated heterocycles. The number of nitrogens with zero attached hydrogens (tertiary/aromatic N) is 1. The zero-order chi connectivity index (χ0) is 10.1. The minimum atomic E-state index is -0.183. The van der Waals surface area contributed by atoms with Gasteiger partial charge in [0.05, 0.1) is 0 Å². The molecule has 2 heteroatoms. The minimum Gasteiger partial charge on any atom is -0.343 e. The van der Waals surface area contributed by atoms with Gasteiger partial charge in [0.25, 0.3) is 0 Å². The molecule has 0 saturated carbocycles. The van der Waals surface area contributed by atoms with E-state index in [1.54, 1.807) is 12.1 Å². The Morgan fingerprint density at radius 2 is 2.29 bits per heavy atom. The molecule has 0 unspecified atom stereocenters. The second-order valence-corrected chi connectivity index (χ2v) is 3.41. The molecule has 2 rings (SSSR count). The number of rotatable bonds is 2. The third kappa shape index (κ3) is 1.33. The molecule has 1 nitrogen and oxygen atoms in total. The van der Waals surface area contributed by atoms with E-state index in [1.165, 1.54) is 6.07 Å². The summed E-state index contributed by atoms with van der Waals surface area (Å²) >= 11 is 0. The van der Waals surface area contributed by atoms with Crippen LogP contribution in [0.2, 0.25) is 0 Å². The fourth-order valence-electron chi connectivity index (χ4n) is 1.74. The summed E-state index contributed by atoms with van der Waals surface area (Å²) in [5, 5.41) is 0.979. The molecular formula is C12H12FN. The number of aryl methyl sites for hydroxylation is 1. The molecule has 1 aromatic heterocycles. The number of hydrogen-bond donors (Lipinski definition) is 0. The van der Waals surface area contributed by atoms with Gasteiger partial charge in [0.15, 0.2) is 0 Å². The molecule has 0 bridgehead atoms. The first-order chi connectivity index (χ1) is 6.72. The summed E-state index contributed by atoms with van der Waals surface area (Å²) in [4.78, 5) is 0. The second-order valence-electron chi connectivity index (χ2n) is 3.41. The lowest BCUT2D eigenvalue weighted by Gasteiger charge is -1.99. The molecule has 14 heavy (non-hydrogen) atoms. The summed E-state index contributed by atoms with van der Waals surface area (Å²) in [6.45, 7) is 6.44. The molecular weight excluding hydrogens is 177 g/mol. The van der Waals surface area contributed by atoms with Gasteiger partial charge in [0, 0.05) is 23.6 Å². The lowest BCUT2D eigenvalue weighted by molar-refractivity contribution is 0.629. The van der Waals surface area contributed by atoms with E-state index in [0.29, 0.717) is 0 Å². The largest absolute Gasteiger partial charge is 0.343 e. The molecule has 0 aliphatic carbocycles. The Morgan fingerprint density at radius 3 is 3.00 bits per heavy atom. The van der Waals surface area contributed by atoms with Crippen molar-refractivity contribution in [3.05, 3.63) is 48.4 Å². The quantitative estimate of drug-likeness (QED) is 0.639. The molecule has 72 valence electrons. The molecule has 0 radical (unpaired) electrons. The summed E-state index contributed by atoms with van der Waals surface area (Å²) in [6.07, 6.45) is 3.86. The van der Waals surface area contributed by atoms with Gasteiger partial charge < -0.3 is 4.57 Å². The van der Waals surface area contributed by atoms with Crippen LogP contribution >= 0.6 is 0 Å². The first-order valence-corrected chi connectivity index (χ1v) is 4.58. The van der Waals surface area contributed by atoms with Crippen molar-refractivity contribution in [2.45, 2.75) is 13.5 Å². The van der Waals surface area contributed by atoms with Crippen LogP contribution < -0.4 is 0 Å². The van der Waals surface area contributed by atoms with Crippen LogP contribution in [0, 0.1) is 12.7 Å². The number of fused-ring (bicyclic) bond motifs is 1. The molecule has 1 heterocycles. The molecule has 0 aliphatic rings. The van der Waals surface area contributed by atoms with Crippen LogP contribution in [0.4, 0.5) is 4.39 Å². The molecule has 0 aliphatic heterocycles. The Bertz CT molecular complexity index is 482. The number of allylic oxidation sites excluding steroid dienone is 1. The lowest BCUT2D eigenvalue weighted by atomic mass is 10.2. The minimum absolute atomic E-state index is 0.183. The van der Waals surface area contributed by atoms with Crippen molar-refractivity contribution < 1.29 is 4.39 Å². The molecule has 1 aromatic carbocycles. The molecule has 0 spiro atoms. The fourth-order valence-corrected chi connectivity index (χ4v) is 1.74. The average Bonchev–Trinajstić information content (AvgIpc) is 2.44. The maximum Gasteiger partial charge on any atom is 0.123 e. The number of aromatic nitrogens is 1. The monoisotopic (exact) mass is 189 g/mol. The van der Waals surface area contributed by atoms with Gasteiger partial charge in [-0.25, -0.2) is 4.39 Å². The summed E-state index contributed by atoms with van der Waals surface area (Å²) in [6, 6.07) is 4.87. The summed E-state index contributed by atoms with van der Waals surface area (Å²) < 4.78 is 15.0. The fraction of sp³-hybridized carbons (Fsp3) is 0.167. The Kier molecular flexibility index (Phi) is 2.12.